The lowest BCUT2D eigenvalue weighted by molar-refractivity contribution is -0.0000178. The van der Waals surface area contributed by atoms with Gasteiger partial charge in [0.05, 0.1) is 4.88 Å². The van der Waals surface area contributed by atoms with Crippen LogP contribution in [0.15, 0.2) is 24.3 Å². The van der Waals surface area contributed by atoms with E-state index >= 15 is 0 Å². The Morgan fingerprint density at radius 2 is 1.79 bits per heavy atom. The molecule has 2 aliphatic heterocycles. The summed E-state index contributed by atoms with van der Waals surface area (Å²) >= 11 is 1.72. The predicted molar refractivity (Wildman–Crippen MR) is 105 cm³/mol. The maximum atomic E-state index is 12.9. The number of thiophene rings is 1. The Labute approximate surface area is 175 Å². The average Bonchev–Trinajstić information content (AvgIpc) is 3.34. The fourth-order valence-electron chi connectivity index (χ4n) is 4.16. The number of hydrogen-bond donors (Lipinski definition) is 0. The molecule has 1 aromatic carbocycles. The van der Waals surface area contributed by atoms with Gasteiger partial charge in [0, 0.05) is 37.6 Å². The van der Waals surface area contributed by atoms with Crippen LogP contribution in [0.5, 0.6) is 11.5 Å². The van der Waals surface area contributed by atoms with E-state index in [1.165, 1.54) is 28.8 Å². The highest BCUT2D eigenvalue weighted by atomic mass is 35.5. The number of piperazine rings is 1. The predicted octanol–water partition coefficient (Wildman–Crippen LogP) is 0.318. The number of ether oxygens (including phenoxy) is 2. The first kappa shape index (κ1) is 19.6. The zero-order chi connectivity index (χ0) is 18.2. The van der Waals surface area contributed by atoms with Gasteiger partial charge in [-0.3, -0.25) is 9.69 Å². The first-order valence-electron chi connectivity index (χ1n) is 9.78. The highest BCUT2D eigenvalue weighted by Gasteiger charge is 2.25. The van der Waals surface area contributed by atoms with Crippen molar-refractivity contribution in [3.63, 3.8) is 0 Å². The zero-order valence-electron chi connectivity index (χ0n) is 15.8. The number of aryl methyl sites for hydroxylation is 2. The molecule has 1 saturated heterocycles. The average molecular weight is 420 g/mol. The standard InChI is InChI=1S/C21H24N2O3S.ClH/c24-21(20-12-16-3-1-2-4-19(16)27-20)23-9-7-22(8-10-23)13-15-5-6-17-18(11-15)26-14-25-17;/h5-6,11-12H,1-4,7-10,13-14H2;1H/p-1. The first-order valence-corrected chi connectivity index (χ1v) is 10.6. The number of fused-ring (bicyclic) bond motifs is 2. The fourth-order valence-corrected chi connectivity index (χ4v) is 5.38. The maximum absolute atomic E-state index is 12.9. The van der Waals surface area contributed by atoms with Crippen LogP contribution in [-0.4, -0.2) is 48.7 Å². The van der Waals surface area contributed by atoms with Crippen LogP contribution in [-0.2, 0) is 19.4 Å². The lowest BCUT2D eigenvalue weighted by Gasteiger charge is -2.34. The summed E-state index contributed by atoms with van der Waals surface area (Å²) in [4.78, 5) is 19.7. The topological polar surface area (TPSA) is 42.0 Å². The summed E-state index contributed by atoms with van der Waals surface area (Å²) in [5.74, 6) is 1.88. The molecule has 0 unspecified atom stereocenters. The van der Waals surface area contributed by atoms with Crippen LogP contribution in [0.1, 0.15) is 38.5 Å². The van der Waals surface area contributed by atoms with E-state index in [-0.39, 0.29) is 18.3 Å². The molecule has 1 fully saturated rings. The molecular weight excluding hydrogens is 396 g/mol. The number of nitrogens with zero attached hydrogens (tertiary/aromatic N) is 2. The van der Waals surface area contributed by atoms with Crippen molar-refractivity contribution in [2.75, 3.05) is 33.0 Å². The minimum atomic E-state index is 0. The van der Waals surface area contributed by atoms with Gasteiger partial charge in [0.15, 0.2) is 11.5 Å². The second-order valence-corrected chi connectivity index (χ2v) is 8.66. The van der Waals surface area contributed by atoms with E-state index in [9.17, 15) is 4.79 Å². The number of hydrogen-bond acceptors (Lipinski definition) is 5. The molecule has 5 nitrogen and oxygen atoms in total. The zero-order valence-corrected chi connectivity index (χ0v) is 17.4. The van der Waals surface area contributed by atoms with E-state index in [0.717, 1.165) is 61.9 Å². The minimum absolute atomic E-state index is 0. The summed E-state index contributed by atoms with van der Waals surface area (Å²) in [5.41, 5.74) is 2.64. The quantitative estimate of drug-likeness (QED) is 0.718. The van der Waals surface area contributed by atoms with E-state index in [1.807, 2.05) is 11.0 Å². The number of amides is 1. The Balaban J connectivity index is 0.00000192. The van der Waals surface area contributed by atoms with Crippen molar-refractivity contribution in [2.45, 2.75) is 32.2 Å². The Morgan fingerprint density at radius 3 is 2.61 bits per heavy atom. The lowest BCUT2D eigenvalue weighted by atomic mass is 9.99. The molecule has 3 heterocycles. The van der Waals surface area contributed by atoms with Gasteiger partial charge in [-0.2, -0.15) is 0 Å². The summed E-state index contributed by atoms with van der Waals surface area (Å²) < 4.78 is 10.8. The normalized spacial score (nSPS) is 18.5. The van der Waals surface area contributed by atoms with Crippen molar-refractivity contribution in [3.8, 4) is 11.5 Å². The van der Waals surface area contributed by atoms with Crippen molar-refractivity contribution in [1.82, 2.24) is 9.80 Å². The fraction of sp³-hybridized carbons (Fsp3) is 0.476. The first-order chi connectivity index (χ1) is 13.3. The molecule has 7 heteroatoms. The molecular formula is C21H24ClN2O3S-. The van der Waals surface area contributed by atoms with Crippen LogP contribution in [0, 0.1) is 0 Å². The second kappa shape index (κ2) is 8.31. The molecule has 150 valence electrons. The van der Waals surface area contributed by atoms with Gasteiger partial charge in [0.1, 0.15) is 0 Å². The highest BCUT2D eigenvalue weighted by Crippen LogP contribution is 2.33. The molecule has 5 rings (SSSR count). The van der Waals surface area contributed by atoms with Gasteiger partial charge in [-0.1, -0.05) is 6.07 Å². The molecule has 2 aromatic rings. The van der Waals surface area contributed by atoms with E-state index in [0.29, 0.717) is 6.79 Å². The van der Waals surface area contributed by atoms with Crippen molar-refractivity contribution >= 4 is 17.2 Å². The molecule has 0 saturated carbocycles. The monoisotopic (exact) mass is 419 g/mol. The Bertz CT molecular complexity index is 838. The van der Waals surface area contributed by atoms with Gasteiger partial charge in [-0.05, 0) is 55.0 Å². The Morgan fingerprint density at radius 1 is 1.00 bits per heavy atom. The largest absolute Gasteiger partial charge is 1.00 e. The number of carbonyl (C=O) groups excluding carboxylic acids is 1. The van der Waals surface area contributed by atoms with E-state index in [1.54, 1.807) is 11.3 Å². The van der Waals surface area contributed by atoms with Gasteiger partial charge in [0.2, 0.25) is 6.79 Å². The second-order valence-electron chi connectivity index (χ2n) is 7.52. The molecule has 0 radical (unpaired) electrons. The Kier molecular flexibility index (Phi) is 5.80. The van der Waals surface area contributed by atoms with Gasteiger partial charge >= 0.3 is 0 Å². The van der Waals surface area contributed by atoms with Crippen LogP contribution in [0.25, 0.3) is 0 Å². The van der Waals surface area contributed by atoms with Crippen LogP contribution in [0.3, 0.4) is 0 Å². The molecule has 28 heavy (non-hydrogen) atoms. The van der Waals surface area contributed by atoms with Crippen LogP contribution < -0.4 is 21.9 Å². The molecule has 0 bridgehead atoms. The third-order valence-electron chi connectivity index (χ3n) is 5.71. The van der Waals surface area contributed by atoms with Gasteiger partial charge < -0.3 is 26.8 Å². The number of halogens is 1. The van der Waals surface area contributed by atoms with Gasteiger partial charge in [-0.25, -0.2) is 0 Å². The van der Waals surface area contributed by atoms with Crippen LogP contribution in [0.4, 0.5) is 0 Å². The summed E-state index contributed by atoms with van der Waals surface area (Å²) in [6.45, 7) is 4.60. The van der Waals surface area contributed by atoms with Crippen molar-refractivity contribution < 1.29 is 26.7 Å². The van der Waals surface area contributed by atoms with Crippen molar-refractivity contribution in [1.29, 1.82) is 0 Å². The number of carbonyl (C=O) groups is 1. The highest BCUT2D eigenvalue weighted by molar-refractivity contribution is 7.14. The summed E-state index contributed by atoms with van der Waals surface area (Å²) in [7, 11) is 0. The smallest absolute Gasteiger partial charge is 0.264 e. The van der Waals surface area contributed by atoms with Crippen LogP contribution >= 0.6 is 11.3 Å². The molecule has 1 aromatic heterocycles. The number of rotatable bonds is 3. The van der Waals surface area contributed by atoms with Gasteiger partial charge in [0.25, 0.3) is 5.91 Å². The van der Waals surface area contributed by atoms with E-state index in [2.05, 4.69) is 23.1 Å². The van der Waals surface area contributed by atoms with E-state index < -0.39 is 0 Å². The summed E-state index contributed by atoms with van der Waals surface area (Å²) in [6, 6.07) is 8.30. The summed E-state index contributed by atoms with van der Waals surface area (Å²) in [6.07, 6.45) is 4.81. The van der Waals surface area contributed by atoms with Crippen LogP contribution in [0.2, 0.25) is 0 Å². The minimum Gasteiger partial charge on any atom is -1.00 e. The molecule has 1 aliphatic carbocycles. The lowest BCUT2D eigenvalue weighted by Crippen LogP contribution is -3.00. The molecule has 0 N–H and O–H groups in total. The maximum Gasteiger partial charge on any atom is 0.264 e. The summed E-state index contributed by atoms with van der Waals surface area (Å²) in [5, 5.41) is 0. The van der Waals surface area contributed by atoms with Crippen molar-refractivity contribution in [3.05, 3.63) is 45.1 Å². The van der Waals surface area contributed by atoms with Gasteiger partial charge in [-0.15, -0.1) is 11.3 Å². The number of benzene rings is 1. The SMILES string of the molecule is O=C(c1cc2c(s1)CCCC2)N1CCN(Cc2ccc3c(c2)OCO3)CC1.[Cl-]. The van der Waals surface area contributed by atoms with E-state index in [4.69, 9.17) is 9.47 Å². The molecule has 0 spiro atoms. The molecule has 1 amide bonds. The van der Waals surface area contributed by atoms with Crippen molar-refractivity contribution in [2.24, 2.45) is 0 Å². The third kappa shape index (κ3) is 3.86. The molecule has 0 atom stereocenters. The third-order valence-corrected chi connectivity index (χ3v) is 6.94. The Hall–Kier alpha value is -1.76. The molecule has 3 aliphatic rings.